The second-order valence-corrected chi connectivity index (χ2v) is 9.75. The van der Waals surface area contributed by atoms with Gasteiger partial charge in [-0.1, -0.05) is 12.1 Å². The van der Waals surface area contributed by atoms with Crippen molar-refractivity contribution in [3.8, 4) is 11.5 Å². The van der Waals surface area contributed by atoms with Crippen LogP contribution < -0.4 is 4.90 Å². The van der Waals surface area contributed by atoms with Crippen LogP contribution in [0.1, 0.15) is 12.8 Å². The van der Waals surface area contributed by atoms with Gasteiger partial charge >= 0.3 is 0 Å². The average Bonchev–Trinajstić information content (AvgIpc) is 3.63. The average molecular weight is 471 g/mol. The Kier molecular flexibility index (Phi) is 4.41. The monoisotopic (exact) mass is 470 g/mol. The number of carbonyl (C=O) groups is 1. The smallest absolute Gasteiger partial charge is 0.243 e. The predicted octanol–water partition coefficient (Wildman–Crippen LogP) is 3.31. The number of piperazine rings is 1. The molecule has 2 saturated heterocycles. The minimum absolute atomic E-state index is 0.138. The summed E-state index contributed by atoms with van der Waals surface area (Å²) in [6.45, 7) is 1.88. The van der Waals surface area contributed by atoms with Gasteiger partial charge in [0.25, 0.3) is 0 Å². The van der Waals surface area contributed by atoms with E-state index >= 15 is 0 Å². The topological polar surface area (TPSA) is 95.8 Å². The van der Waals surface area contributed by atoms with Crippen molar-refractivity contribution in [2.75, 3.05) is 18.0 Å². The number of nitrogens with one attached hydrogen (secondary N) is 1. The van der Waals surface area contributed by atoms with Gasteiger partial charge in [0.05, 0.1) is 22.9 Å². The molecule has 0 radical (unpaired) electrons. The Morgan fingerprint density at radius 1 is 1.03 bits per heavy atom. The standard InChI is InChI=1S/C24H22N8OS/c33-20(12-31-13-26-19-6-3-9-25-23(19)31)32-15-7-8-16(32)11-30(10-15)24-21(27-14-34-24)22-28-17-4-1-2-5-18(17)29-22/h1-6,9,13-16H,7-8,10-12H2,(H,28,29). The van der Waals surface area contributed by atoms with Gasteiger partial charge in [0, 0.05) is 31.4 Å². The maximum Gasteiger partial charge on any atom is 0.243 e. The number of benzene rings is 1. The Hall–Kier alpha value is -3.79. The number of para-hydroxylation sites is 2. The number of amides is 1. The molecule has 6 heterocycles. The van der Waals surface area contributed by atoms with Crippen LogP contribution in [-0.4, -0.2) is 65.5 Å². The van der Waals surface area contributed by atoms with Crippen LogP contribution >= 0.6 is 11.3 Å². The third-order valence-corrected chi connectivity index (χ3v) is 7.79. The van der Waals surface area contributed by atoms with Crippen molar-refractivity contribution in [1.82, 2.24) is 34.4 Å². The van der Waals surface area contributed by atoms with Crippen LogP contribution in [0, 0.1) is 0 Å². The zero-order valence-corrected chi connectivity index (χ0v) is 19.1. The van der Waals surface area contributed by atoms with E-state index in [0.29, 0.717) is 0 Å². The molecule has 1 amide bonds. The molecule has 7 rings (SSSR count). The summed E-state index contributed by atoms with van der Waals surface area (Å²) in [6, 6.07) is 12.2. The maximum absolute atomic E-state index is 13.4. The molecule has 1 N–H and O–H groups in total. The third kappa shape index (κ3) is 3.09. The lowest BCUT2D eigenvalue weighted by molar-refractivity contribution is -0.135. The van der Waals surface area contributed by atoms with Crippen LogP contribution in [0.3, 0.4) is 0 Å². The van der Waals surface area contributed by atoms with Crippen LogP contribution in [-0.2, 0) is 11.3 Å². The Labute approximate surface area is 199 Å². The van der Waals surface area contributed by atoms with E-state index in [4.69, 9.17) is 4.98 Å². The van der Waals surface area contributed by atoms with E-state index in [1.807, 2.05) is 46.5 Å². The normalized spacial score (nSPS) is 20.0. The molecule has 2 unspecified atom stereocenters. The van der Waals surface area contributed by atoms with E-state index in [2.05, 4.69) is 29.7 Å². The Balaban J connectivity index is 1.13. The van der Waals surface area contributed by atoms with Crippen LogP contribution in [0.15, 0.2) is 54.4 Å². The lowest BCUT2D eigenvalue weighted by atomic mass is 10.2. The molecule has 9 nitrogen and oxygen atoms in total. The van der Waals surface area contributed by atoms with Crippen molar-refractivity contribution < 1.29 is 4.79 Å². The zero-order chi connectivity index (χ0) is 22.6. The molecular weight excluding hydrogens is 448 g/mol. The highest BCUT2D eigenvalue weighted by Crippen LogP contribution is 2.39. The lowest BCUT2D eigenvalue weighted by Crippen LogP contribution is -2.56. The van der Waals surface area contributed by atoms with E-state index < -0.39 is 0 Å². The fourth-order valence-corrected chi connectivity index (χ4v) is 6.23. The van der Waals surface area contributed by atoms with Crippen molar-refractivity contribution in [3.63, 3.8) is 0 Å². The van der Waals surface area contributed by atoms with E-state index in [9.17, 15) is 4.79 Å². The summed E-state index contributed by atoms with van der Waals surface area (Å²) in [5.41, 5.74) is 6.28. The molecule has 34 heavy (non-hydrogen) atoms. The maximum atomic E-state index is 13.4. The fraction of sp³-hybridized carbons (Fsp3) is 0.292. The van der Waals surface area contributed by atoms with Gasteiger partial charge in [0.15, 0.2) is 11.5 Å². The largest absolute Gasteiger partial charge is 0.357 e. The highest BCUT2D eigenvalue weighted by atomic mass is 32.1. The summed E-state index contributed by atoms with van der Waals surface area (Å²) in [4.78, 5) is 39.4. The molecule has 1 aromatic carbocycles. The van der Waals surface area contributed by atoms with Gasteiger partial charge in [-0.2, -0.15) is 0 Å². The first-order valence-corrected chi connectivity index (χ1v) is 12.3. The second kappa shape index (κ2) is 7.63. The van der Waals surface area contributed by atoms with Crippen LogP contribution in [0.2, 0.25) is 0 Å². The van der Waals surface area contributed by atoms with Gasteiger partial charge < -0.3 is 19.4 Å². The minimum Gasteiger partial charge on any atom is -0.357 e. The number of fused-ring (bicyclic) bond motifs is 4. The molecular formula is C24H22N8OS. The zero-order valence-electron chi connectivity index (χ0n) is 18.3. The van der Waals surface area contributed by atoms with Crippen molar-refractivity contribution in [3.05, 3.63) is 54.4 Å². The number of aromatic amines is 1. The first-order chi connectivity index (χ1) is 16.7. The number of pyridine rings is 1. The second-order valence-electron chi connectivity index (χ2n) is 8.92. The summed E-state index contributed by atoms with van der Waals surface area (Å²) in [5, 5.41) is 1.12. The Bertz CT molecular complexity index is 1470. The fourth-order valence-electron chi connectivity index (χ4n) is 5.41. The highest BCUT2D eigenvalue weighted by Gasteiger charge is 2.43. The lowest BCUT2D eigenvalue weighted by Gasteiger charge is -2.41. The van der Waals surface area contributed by atoms with Gasteiger partial charge in [0.2, 0.25) is 5.91 Å². The van der Waals surface area contributed by atoms with Crippen LogP contribution in [0.4, 0.5) is 5.00 Å². The van der Waals surface area contributed by atoms with Crippen molar-refractivity contribution in [1.29, 1.82) is 0 Å². The molecule has 0 spiro atoms. The SMILES string of the molecule is O=C(Cn1cnc2cccnc21)N1C2CCC1CN(c1scnc1-c1nc3ccccc3[nH]1)C2. The van der Waals surface area contributed by atoms with Crippen molar-refractivity contribution >= 4 is 44.4 Å². The first-order valence-electron chi connectivity index (χ1n) is 11.4. The number of carbonyl (C=O) groups excluding carboxylic acids is 1. The van der Waals surface area contributed by atoms with E-state index in [-0.39, 0.29) is 24.5 Å². The third-order valence-electron chi connectivity index (χ3n) is 6.90. The number of H-pyrrole nitrogens is 1. The predicted molar refractivity (Wildman–Crippen MR) is 131 cm³/mol. The first kappa shape index (κ1) is 19.7. The van der Waals surface area contributed by atoms with Gasteiger partial charge in [-0.25, -0.2) is 19.9 Å². The number of imidazole rings is 2. The number of thiazole rings is 1. The van der Waals surface area contributed by atoms with Crippen molar-refractivity contribution in [2.24, 2.45) is 0 Å². The van der Waals surface area contributed by atoms with Crippen molar-refractivity contribution in [2.45, 2.75) is 31.5 Å². The molecule has 0 saturated carbocycles. The molecule has 2 bridgehead atoms. The van der Waals surface area contributed by atoms with Gasteiger partial charge in [-0.3, -0.25) is 4.79 Å². The van der Waals surface area contributed by atoms with Gasteiger partial charge in [-0.05, 0) is 37.1 Å². The van der Waals surface area contributed by atoms with Crippen LogP contribution in [0.5, 0.6) is 0 Å². The Morgan fingerprint density at radius 2 is 1.85 bits per heavy atom. The number of hydrogen-bond donors (Lipinski definition) is 1. The number of rotatable bonds is 4. The molecule has 2 fully saturated rings. The molecule has 5 aromatic rings. The number of aromatic nitrogens is 6. The summed E-state index contributed by atoms with van der Waals surface area (Å²) >= 11 is 1.64. The van der Waals surface area contributed by atoms with Gasteiger partial charge in [0.1, 0.15) is 22.8 Å². The summed E-state index contributed by atoms with van der Waals surface area (Å²) in [7, 11) is 0. The number of hydrogen-bond acceptors (Lipinski definition) is 7. The molecule has 2 aliphatic rings. The summed E-state index contributed by atoms with van der Waals surface area (Å²) < 4.78 is 1.85. The summed E-state index contributed by atoms with van der Waals surface area (Å²) in [6.07, 6.45) is 5.50. The Morgan fingerprint density at radius 3 is 2.71 bits per heavy atom. The van der Waals surface area contributed by atoms with E-state index in [0.717, 1.165) is 64.6 Å². The molecule has 2 aliphatic heterocycles. The van der Waals surface area contributed by atoms with Gasteiger partial charge in [-0.15, -0.1) is 11.3 Å². The number of nitrogens with zero attached hydrogens (tertiary/aromatic N) is 7. The molecule has 0 aliphatic carbocycles. The minimum atomic E-state index is 0.138. The highest BCUT2D eigenvalue weighted by molar-refractivity contribution is 7.14. The molecule has 2 atom stereocenters. The quantitative estimate of drug-likeness (QED) is 0.433. The van der Waals surface area contributed by atoms with Crippen LogP contribution in [0.25, 0.3) is 33.7 Å². The van der Waals surface area contributed by atoms with E-state index in [1.165, 1.54) is 0 Å². The molecule has 170 valence electrons. The number of anilines is 1. The summed E-state index contributed by atoms with van der Waals surface area (Å²) in [5.74, 6) is 0.932. The molecule has 10 heteroatoms. The molecule has 4 aromatic heterocycles. The van der Waals surface area contributed by atoms with E-state index in [1.54, 1.807) is 23.9 Å².